The van der Waals surface area contributed by atoms with Gasteiger partial charge in [-0.1, -0.05) is 60.7 Å². The van der Waals surface area contributed by atoms with Gasteiger partial charge in [-0.25, -0.2) is 0 Å². The summed E-state index contributed by atoms with van der Waals surface area (Å²) in [6.45, 7) is 3.53. The third kappa shape index (κ3) is 1.67. The zero-order valence-corrected chi connectivity index (χ0v) is 12.0. The Morgan fingerprint density at radius 1 is 0.714 bits per heavy atom. The smallest absolute Gasteiger partial charge is 0.329 e. The van der Waals surface area contributed by atoms with Crippen molar-refractivity contribution in [1.29, 1.82) is 0 Å². The van der Waals surface area contributed by atoms with Gasteiger partial charge in [0, 0.05) is 0 Å². The van der Waals surface area contributed by atoms with Crippen molar-refractivity contribution < 1.29 is 14.3 Å². The SMILES string of the molecule is CC1(C)C(=O)OC(=O)C1(c1ccccc1)c1ccccc1. The summed E-state index contributed by atoms with van der Waals surface area (Å²) < 4.78 is 5.02. The monoisotopic (exact) mass is 280 g/mol. The van der Waals surface area contributed by atoms with Crippen molar-refractivity contribution in [3.8, 4) is 0 Å². The first-order valence-electron chi connectivity index (χ1n) is 6.89. The minimum atomic E-state index is -1.10. The molecule has 0 spiro atoms. The number of hydrogen-bond donors (Lipinski definition) is 0. The number of ether oxygens (including phenoxy) is 1. The molecule has 1 saturated heterocycles. The zero-order valence-electron chi connectivity index (χ0n) is 12.0. The van der Waals surface area contributed by atoms with E-state index in [2.05, 4.69) is 0 Å². The largest absolute Gasteiger partial charge is 0.392 e. The number of carbonyl (C=O) groups is 2. The molecule has 0 aliphatic carbocycles. The molecule has 0 amide bonds. The quantitative estimate of drug-likeness (QED) is 0.627. The second-order valence-electron chi connectivity index (χ2n) is 5.78. The van der Waals surface area contributed by atoms with Gasteiger partial charge in [0.15, 0.2) is 0 Å². The van der Waals surface area contributed by atoms with Gasteiger partial charge in [0.1, 0.15) is 5.41 Å². The van der Waals surface area contributed by atoms with E-state index in [1.165, 1.54) is 0 Å². The fraction of sp³-hybridized carbons (Fsp3) is 0.222. The first-order valence-corrected chi connectivity index (χ1v) is 6.89. The molecular weight excluding hydrogens is 264 g/mol. The molecule has 3 heteroatoms. The van der Waals surface area contributed by atoms with E-state index >= 15 is 0 Å². The van der Waals surface area contributed by atoms with Crippen molar-refractivity contribution in [3.63, 3.8) is 0 Å². The lowest BCUT2D eigenvalue weighted by Crippen LogP contribution is -2.45. The van der Waals surface area contributed by atoms with E-state index in [1.54, 1.807) is 13.8 Å². The molecule has 106 valence electrons. The fourth-order valence-electron chi connectivity index (χ4n) is 3.20. The molecule has 1 fully saturated rings. The van der Waals surface area contributed by atoms with Crippen molar-refractivity contribution in [2.45, 2.75) is 19.3 Å². The van der Waals surface area contributed by atoms with Gasteiger partial charge >= 0.3 is 11.9 Å². The normalized spacial score (nSPS) is 19.3. The maximum atomic E-state index is 12.7. The molecule has 1 aliphatic heterocycles. The van der Waals surface area contributed by atoms with Gasteiger partial charge in [0.2, 0.25) is 0 Å². The van der Waals surface area contributed by atoms with Crippen molar-refractivity contribution >= 4 is 11.9 Å². The number of hydrogen-bond acceptors (Lipinski definition) is 3. The standard InChI is InChI=1S/C18H16O3/c1-17(2)15(19)21-16(20)18(17,13-9-5-3-6-10-13)14-11-7-4-8-12-14/h3-12H,1-2H3. The second-order valence-corrected chi connectivity index (χ2v) is 5.78. The molecule has 0 N–H and O–H groups in total. The first-order chi connectivity index (χ1) is 10.0. The predicted molar refractivity (Wildman–Crippen MR) is 78.5 cm³/mol. The van der Waals surface area contributed by atoms with Crippen LogP contribution in [0.3, 0.4) is 0 Å². The van der Waals surface area contributed by atoms with Crippen molar-refractivity contribution in [1.82, 2.24) is 0 Å². The highest BCUT2D eigenvalue weighted by Crippen LogP contribution is 2.52. The van der Waals surface area contributed by atoms with Gasteiger partial charge in [0.05, 0.1) is 5.41 Å². The molecule has 2 aromatic rings. The molecular formula is C18H16O3. The Morgan fingerprint density at radius 2 is 1.14 bits per heavy atom. The Labute approximate surface area is 123 Å². The van der Waals surface area contributed by atoms with E-state index in [4.69, 9.17) is 4.74 Å². The topological polar surface area (TPSA) is 43.4 Å². The molecule has 3 rings (SSSR count). The number of esters is 2. The van der Waals surface area contributed by atoms with E-state index in [9.17, 15) is 9.59 Å². The Kier molecular flexibility index (Phi) is 2.94. The summed E-state index contributed by atoms with van der Waals surface area (Å²) in [5.41, 5.74) is -0.520. The molecule has 2 aromatic carbocycles. The Hall–Kier alpha value is -2.42. The maximum absolute atomic E-state index is 12.7. The lowest BCUT2D eigenvalue weighted by atomic mass is 9.59. The minimum Gasteiger partial charge on any atom is -0.392 e. The van der Waals surface area contributed by atoms with Crippen LogP contribution in [0.2, 0.25) is 0 Å². The van der Waals surface area contributed by atoms with Gasteiger partial charge in [0.25, 0.3) is 0 Å². The van der Waals surface area contributed by atoms with Crippen LogP contribution in [0.1, 0.15) is 25.0 Å². The number of carbonyl (C=O) groups excluding carboxylic acids is 2. The molecule has 0 saturated carbocycles. The average molecular weight is 280 g/mol. The maximum Gasteiger partial charge on any atom is 0.329 e. The summed E-state index contributed by atoms with van der Waals surface area (Å²) in [5, 5.41) is 0. The average Bonchev–Trinajstić information content (AvgIpc) is 2.67. The second kappa shape index (κ2) is 4.55. The van der Waals surface area contributed by atoms with E-state index in [0.717, 1.165) is 11.1 Å². The predicted octanol–water partition coefficient (Wildman–Crippen LogP) is 3.08. The van der Waals surface area contributed by atoms with E-state index in [1.807, 2.05) is 60.7 Å². The molecule has 3 nitrogen and oxygen atoms in total. The highest BCUT2D eigenvalue weighted by atomic mass is 16.6. The van der Waals surface area contributed by atoms with E-state index in [0.29, 0.717) is 0 Å². The summed E-state index contributed by atoms with van der Waals surface area (Å²) in [5.74, 6) is -0.991. The first kappa shape index (κ1) is 13.6. The van der Waals surface area contributed by atoms with Crippen LogP contribution in [0.25, 0.3) is 0 Å². The Morgan fingerprint density at radius 3 is 1.48 bits per heavy atom. The van der Waals surface area contributed by atoms with Crippen LogP contribution in [-0.4, -0.2) is 11.9 Å². The summed E-state index contributed by atoms with van der Waals surface area (Å²) in [6.07, 6.45) is 0. The van der Waals surface area contributed by atoms with E-state index in [-0.39, 0.29) is 0 Å². The fourth-order valence-corrected chi connectivity index (χ4v) is 3.20. The summed E-state index contributed by atoms with van der Waals surface area (Å²) in [6, 6.07) is 18.7. The summed E-state index contributed by atoms with van der Waals surface area (Å²) in [7, 11) is 0. The highest BCUT2D eigenvalue weighted by Gasteiger charge is 2.65. The molecule has 0 radical (unpaired) electrons. The number of cyclic esters (lactones) is 2. The highest BCUT2D eigenvalue weighted by molar-refractivity contribution is 6.07. The van der Waals surface area contributed by atoms with Crippen LogP contribution in [0.4, 0.5) is 0 Å². The van der Waals surface area contributed by atoms with Crippen LogP contribution in [-0.2, 0) is 19.7 Å². The lowest BCUT2D eigenvalue weighted by Gasteiger charge is -2.36. The van der Waals surface area contributed by atoms with Crippen molar-refractivity contribution in [2.75, 3.05) is 0 Å². The van der Waals surface area contributed by atoms with Crippen LogP contribution >= 0.6 is 0 Å². The van der Waals surface area contributed by atoms with Gasteiger partial charge in [-0.05, 0) is 25.0 Å². The third-order valence-corrected chi connectivity index (χ3v) is 4.35. The zero-order chi connectivity index (χ0) is 15.1. The van der Waals surface area contributed by atoms with Crippen LogP contribution in [0.5, 0.6) is 0 Å². The molecule has 0 unspecified atom stereocenters. The van der Waals surface area contributed by atoms with Crippen LogP contribution in [0, 0.1) is 5.41 Å². The Bertz CT molecular complexity index is 647. The number of benzene rings is 2. The lowest BCUT2D eigenvalue weighted by molar-refractivity contribution is -0.154. The van der Waals surface area contributed by atoms with Crippen LogP contribution < -0.4 is 0 Å². The molecule has 21 heavy (non-hydrogen) atoms. The third-order valence-electron chi connectivity index (χ3n) is 4.35. The molecule has 0 atom stereocenters. The molecule has 1 heterocycles. The van der Waals surface area contributed by atoms with Crippen LogP contribution in [0.15, 0.2) is 60.7 Å². The van der Waals surface area contributed by atoms with Gasteiger partial charge in [-0.2, -0.15) is 0 Å². The molecule has 0 bridgehead atoms. The van der Waals surface area contributed by atoms with Crippen molar-refractivity contribution in [2.24, 2.45) is 5.41 Å². The summed E-state index contributed by atoms with van der Waals surface area (Å²) >= 11 is 0. The Balaban J connectivity index is 2.37. The minimum absolute atomic E-state index is 0.486. The van der Waals surface area contributed by atoms with Gasteiger partial charge in [-0.15, -0.1) is 0 Å². The molecule has 0 aromatic heterocycles. The van der Waals surface area contributed by atoms with Crippen molar-refractivity contribution in [3.05, 3.63) is 71.8 Å². The summed E-state index contributed by atoms with van der Waals surface area (Å²) in [4.78, 5) is 24.9. The molecule has 1 aliphatic rings. The number of rotatable bonds is 2. The van der Waals surface area contributed by atoms with Gasteiger partial charge in [-0.3, -0.25) is 9.59 Å². The van der Waals surface area contributed by atoms with Gasteiger partial charge < -0.3 is 4.74 Å². The van der Waals surface area contributed by atoms with E-state index < -0.39 is 22.8 Å².